The van der Waals surface area contributed by atoms with Crippen LogP contribution in [0.4, 0.5) is 0 Å². The Hall–Kier alpha value is -2.24. The van der Waals surface area contributed by atoms with Gasteiger partial charge < -0.3 is 10.2 Å². The maximum atomic E-state index is 12.4. The van der Waals surface area contributed by atoms with Crippen LogP contribution in [-0.4, -0.2) is 37.1 Å². The maximum Gasteiger partial charge on any atom is 0.275 e. The Bertz CT molecular complexity index is 875. The number of benzene rings is 2. The topological polar surface area (TPSA) is 46.4 Å². The predicted octanol–water partition coefficient (Wildman–Crippen LogP) is 2.81. The van der Waals surface area contributed by atoms with Crippen LogP contribution in [0.15, 0.2) is 54.6 Å². The third-order valence-corrected chi connectivity index (χ3v) is 6.69. The number of hydrogen-bond donors (Lipinski definition) is 2. The lowest BCUT2D eigenvalue weighted by molar-refractivity contribution is -0.898. The molecule has 5 heteroatoms. The normalized spacial score (nSPS) is 19.6. The van der Waals surface area contributed by atoms with Crippen LogP contribution in [0.5, 0.6) is 0 Å². The number of aryl methyl sites for hydroxylation is 1. The summed E-state index contributed by atoms with van der Waals surface area (Å²) in [6.07, 6.45) is 4.34. The van der Waals surface area contributed by atoms with E-state index in [4.69, 9.17) is 4.98 Å². The summed E-state index contributed by atoms with van der Waals surface area (Å²) in [5, 5.41) is 4.34. The van der Waals surface area contributed by atoms with Crippen molar-refractivity contribution in [3.05, 3.63) is 65.2 Å². The van der Waals surface area contributed by atoms with Gasteiger partial charge in [0.2, 0.25) is 0 Å². The molecule has 0 radical (unpaired) electrons. The van der Waals surface area contributed by atoms with Crippen LogP contribution >= 0.6 is 11.3 Å². The Morgan fingerprint density at radius 3 is 2.82 bits per heavy atom. The molecule has 2 N–H and O–H groups in total. The first kappa shape index (κ1) is 19.1. The molecule has 0 spiro atoms. The summed E-state index contributed by atoms with van der Waals surface area (Å²) in [5.74, 6) is 0.653. The van der Waals surface area contributed by atoms with E-state index in [0.29, 0.717) is 12.5 Å². The van der Waals surface area contributed by atoms with Crippen molar-refractivity contribution in [2.45, 2.75) is 31.6 Å². The molecule has 1 aliphatic heterocycles. The maximum absolute atomic E-state index is 12.4. The van der Waals surface area contributed by atoms with Gasteiger partial charge in [-0.3, -0.25) is 4.79 Å². The van der Waals surface area contributed by atoms with Crippen molar-refractivity contribution in [3.63, 3.8) is 0 Å². The van der Waals surface area contributed by atoms with Crippen LogP contribution in [0.1, 0.15) is 35.8 Å². The number of thiazole rings is 1. The van der Waals surface area contributed by atoms with Crippen molar-refractivity contribution in [3.8, 4) is 0 Å². The Morgan fingerprint density at radius 2 is 1.96 bits per heavy atom. The Balaban J connectivity index is 1.23. The summed E-state index contributed by atoms with van der Waals surface area (Å²) in [5.41, 5.74) is 2.43. The molecule has 0 saturated carbocycles. The number of fused-ring (bicyclic) bond motifs is 1. The highest BCUT2D eigenvalue weighted by molar-refractivity contribution is 7.18. The lowest BCUT2D eigenvalue weighted by Crippen LogP contribution is -3.14. The van der Waals surface area contributed by atoms with Gasteiger partial charge in [0.1, 0.15) is 5.01 Å². The van der Waals surface area contributed by atoms with Gasteiger partial charge in [-0.05, 0) is 43.4 Å². The Labute approximate surface area is 170 Å². The average Bonchev–Trinajstić information content (AvgIpc) is 3.17. The number of rotatable bonds is 7. The molecule has 2 heterocycles. The number of nitrogens with one attached hydrogen (secondary N) is 2. The number of para-hydroxylation sites is 1. The van der Waals surface area contributed by atoms with Crippen molar-refractivity contribution >= 4 is 27.5 Å². The van der Waals surface area contributed by atoms with Crippen molar-refractivity contribution in [1.82, 2.24) is 10.3 Å². The second-order valence-electron chi connectivity index (χ2n) is 7.68. The summed E-state index contributed by atoms with van der Waals surface area (Å²) in [6, 6.07) is 18.8. The zero-order valence-corrected chi connectivity index (χ0v) is 17.0. The van der Waals surface area contributed by atoms with Gasteiger partial charge in [0.15, 0.2) is 6.54 Å². The van der Waals surface area contributed by atoms with Gasteiger partial charge in [0, 0.05) is 6.54 Å². The first-order chi connectivity index (χ1) is 13.8. The third-order valence-electron chi connectivity index (χ3n) is 5.50. The highest BCUT2D eigenvalue weighted by Crippen LogP contribution is 2.30. The van der Waals surface area contributed by atoms with E-state index in [9.17, 15) is 4.79 Å². The van der Waals surface area contributed by atoms with Crippen molar-refractivity contribution in [2.75, 3.05) is 26.2 Å². The van der Waals surface area contributed by atoms with Gasteiger partial charge in [-0.15, -0.1) is 11.3 Å². The Kier molecular flexibility index (Phi) is 6.34. The molecule has 2 atom stereocenters. The van der Waals surface area contributed by atoms with E-state index in [2.05, 4.69) is 47.8 Å². The minimum Gasteiger partial charge on any atom is -0.351 e. The predicted molar refractivity (Wildman–Crippen MR) is 115 cm³/mol. The molecule has 0 bridgehead atoms. The molecule has 146 valence electrons. The van der Waals surface area contributed by atoms with Gasteiger partial charge in [-0.1, -0.05) is 42.5 Å². The zero-order valence-electron chi connectivity index (χ0n) is 16.2. The minimum absolute atomic E-state index is 0.174. The van der Waals surface area contributed by atoms with Gasteiger partial charge in [0.25, 0.3) is 5.91 Å². The van der Waals surface area contributed by atoms with E-state index in [1.165, 1.54) is 26.6 Å². The molecule has 28 heavy (non-hydrogen) atoms. The molecule has 1 unspecified atom stereocenters. The first-order valence-electron chi connectivity index (χ1n) is 10.3. The molecule has 1 fully saturated rings. The van der Waals surface area contributed by atoms with Crippen molar-refractivity contribution in [2.24, 2.45) is 0 Å². The standard InChI is InChI=1S/C23H27N3OS/c27-22(24-14-6-10-18-8-2-1-3-9-18)17-26-15-7-11-19(16-26)23-25-20-12-4-5-13-21(20)28-23/h1-5,8-9,12-13,19H,6-7,10-11,14-17H2,(H,24,27)/p+1/t19-/m1/s1. The van der Waals surface area contributed by atoms with Gasteiger partial charge in [0.05, 0.1) is 29.2 Å². The molecule has 4 rings (SSSR count). The molecular formula is C23H28N3OS+. The van der Waals surface area contributed by atoms with Crippen LogP contribution in [-0.2, 0) is 11.2 Å². The fourth-order valence-corrected chi connectivity index (χ4v) is 5.14. The highest BCUT2D eigenvalue weighted by atomic mass is 32.1. The van der Waals surface area contributed by atoms with Crippen molar-refractivity contribution < 1.29 is 9.69 Å². The fraction of sp³-hybridized carbons (Fsp3) is 0.391. The fourth-order valence-electron chi connectivity index (χ4n) is 4.04. The van der Waals surface area contributed by atoms with Crippen LogP contribution < -0.4 is 10.2 Å². The molecule has 1 amide bonds. The number of nitrogens with zero attached hydrogens (tertiary/aromatic N) is 1. The number of quaternary nitrogens is 1. The highest BCUT2D eigenvalue weighted by Gasteiger charge is 2.28. The van der Waals surface area contributed by atoms with E-state index in [1.807, 2.05) is 23.5 Å². The Morgan fingerprint density at radius 1 is 1.14 bits per heavy atom. The molecule has 2 aromatic carbocycles. The van der Waals surface area contributed by atoms with E-state index in [1.54, 1.807) is 0 Å². The molecule has 1 aromatic heterocycles. The third kappa shape index (κ3) is 4.97. The van der Waals surface area contributed by atoms with Crippen LogP contribution in [0.25, 0.3) is 10.2 Å². The smallest absolute Gasteiger partial charge is 0.275 e. The summed E-state index contributed by atoms with van der Waals surface area (Å²) >= 11 is 1.81. The largest absolute Gasteiger partial charge is 0.351 e. The summed E-state index contributed by atoms with van der Waals surface area (Å²) in [6.45, 7) is 3.42. The van der Waals surface area contributed by atoms with E-state index >= 15 is 0 Å². The minimum atomic E-state index is 0.174. The molecule has 0 aliphatic carbocycles. The number of likely N-dealkylation sites (tertiary alicyclic amines) is 1. The van der Waals surface area contributed by atoms with Gasteiger partial charge in [-0.25, -0.2) is 4.98 Å². The molecular weight excluding hydrogens is 366 g/mol. The van der Waals surface area contributed by atoms with Crippen LogP contribution in [0, 0.1) is 0 Å². The quantitative estimate of drug-likeness (QED) is 0.606. The number of hydrogen-bond acceptors (Lipinski definition) is 3. The zero-order chi connectivity index (χ0) is 19.2. The molecule has 4 nitrogen and oxygen atoms in total. The second kappa shape index (κ2) is 9.30. The average molecular weight is 395 g/mol. The SMILES string of the molecule is O=C(C[NH+]1CCC[C@@H](c2nc3ccccc3s2)C1)NCCCc1ccccc1. The summed E-state index contributed by atoms with van der Waals surface area (Å²) < 4.78 is 1.26. The van der Waals surface area contributed by atoms with Crippen molar-refractivity contribution in [1.29, 1.82) is 0 Å². The summed E-state index contributed by atoms with van der Waals surface area (Å²) in [7, 11) is 0. The lowest BCUT2D eigenvalue weighted by atomic mass is 9.99. The molecule has 1 saturated heterocycles. The summed E-state index contributed by atoms with van der Waals surface area (Å²) in [4.78, 5) is 18.6. The molecule has 3 aromatic rings. The van der Waals surface area contributed by atoms with Crippen LogP contribution in [0.2, 0.25) is 0 Å². The first-order valence-corrected chi connectivity index (χ1v) is 11.1. The lowest BCUT2D eigenvalue weighted by Gasteiger charge is -2.28. The number of carbonyl (C=O) groups excluding carboxylic acids is 1. The van der Waals surface area contributed by atoms with E-state index < -0.39 is 0 Å². The van der Waals surface area contributed by atoms with E-state index in [0.717, 1.165) is 44.4 Å². The number of carbonyl (C=O) groups is 1. The monoisotopic (exact) mass is 394 g/mol. The van der Waals surface area contributed by atoms with Crippen LogP contribution in [0.3, 0.4) is 0 Å². The van der Waals surface area contributed by atoms with Gasteiger partial charge in [-0.2, -0.15) is 0 Å². The molecule has 1 aliphatic rings. The number of aromatic nitrogens is 1. The van der Waals surface area contributed by atoms with E-state index in [-0.39, 0.29) is 5.91 Å². The van der Waals surface area contributed by atoms with Gasteiger partial charge >= 0.3 is 0 Å². The number of piperidine rings is 1. The second-order valence-corrected chi connectivity index (χ2v) is 8.74. The number of amides is 1.